The quantitative estimate of drug-likeness (QED) is 0.511. The molecule has 38 heavy (non-hydrogen) atoms. The molecule has 204 valence electrons. The van der Waals surface area contributed by atoms with Crippen LogP contribution >= 0.6 is 0 Å². The number of amides is 2. The Bertz CT molecular complexity index is 1310. The maximum atomic E-state index is 13.3. The van der Waals surface area contributed by atoms with Crippen molar-refractivity contribution in [3.63, 3.8) is 0 Å². The third kappa shape index (κ3) is 5.40. The highest BCUT2D eigenvalue weighted by atomic mass is 32.2. The Morgan fingerprint density at radius 3 is 2.42 bits per heavy atom. The number of urea groups is 1. The molecule has 10 nitrogen and oxygen atoms in total. The van der Waals surface area contributed by atoms with Crippen LogP contribution in [0.3, 0.4) is 0 Å². The second-order valence-electron chi connectivity index (χ2n) is 9.28. The van der Waals surface area contributed by atoms with Crippen LogP contribution in [0.5, 0.6) is 5.75 Å². The number of benzene rings is 2. The van der Waals surface area contributed by atoms with Crippen LogP contribution in [0.25, 0.3) is 0 Å². The molecule has 0 bridgehead atoms. The van der Waals surface area contributed by atoms with Crippen LogP contribution in [-0.2, 0) is 19.6 Å². The lowest BCUT2D eigenvalue weighted by Crippen LogP contribution is -2.56. The number of rotatable bonds is 8. The molecule has 2 aromatic carbocycles. The molecule has 11 heteroatoms. The van der Waals surface area contributed by atoms with Gasteiger partial charge < -0.3 is 14.8 Å². The van der Waals surface area contributed by atoms with E-state index in [-0.39, 0.29) is 36.7 Å². The number of nitrogens with zero attached hydrogens (tertiary/aromatic N) is 3. The van der Waals surface area contributed by atoms with E-state index in [4.69, 9.17) is 9.47 Å². The highest BCUT2D eigenvalue weighted by Crippen LogP contribution is 2.36. The van der Waals surface area contributed by atoms with E-state index in [0.29, 0.717) is 35.7 Å². The van der Waals surface area contributed by atoms with Crippen molar-refractivity contribution in [3.8, 4) is 5.75 Å². The van der Waals surface area contributed by atoms with Crippen molar-refractivity contribution in [1.29, 1.82) is 0 Å². The summed E-state index contributed by atoms with van der Waals surface area (Å²) in [4.78, 5) is 30.1. The fraction of sp³-hybridized carbons (Fsp3) is 0.407. The molecule has 2 aromatic rings. The first-order valence-electron chi connectivity index (χ1n) is 12.6. The number of carbonyl (C=O) groups excluding carboxylic acids is 2. The zero-order chi connectivity index (χ0) is 27.4. The Kier molecular flexibility index (Phi) is 8.39. The number of nitrogens with one attached hydrogen (secondary N) is 1. The minimum absolute atomic E-state index is 0.180. The van der Waals surface area contributed by atoms with Crippen LogP contribution in [0.2, 0.25) is 0 Å². The molecule has 2 aliphatic heterocycles. The van der Waals surface area contributed by atoms with Crippen molar-refractivity contribution in [2.45, 2.75) is 30.8 Å². The number of piperazine rings is 1. The molecule has 2 amide bonds. The third-order valence-electron chi connectivity index (χ3n) is 6.90. The minimum Gasteiger partial charge on any atom is -0.496 e. The van der Waals surface area contributed by atoms with Crippen LogP contribution in [-0.4, -0.2) is 87.5 Å². The van der Waals surface area contributed by atoms with Gasteiger partial charge in [0.25, 0.3) is 0 Å². The van der Waals surface area contributed by atoms with Gasteiger partial charge in [0.1, 0.15) is 5.75 Å². The topological polar surface area (TPSA) is 108 Å². The summed E-state index contributed by atoms with van der Waals surface area (Å²) in [7, 11) is -0.490. The summed E-state index contributed by atoms with van der Waals surface area (Å²) in [5, 5.41) is 2.91. The van der Waals surface area contributed by atoms with Crippen LogP contribution < -0.4 is 10.1 Å². The first-order chi connectivity index (χ1) is 18.2. The Morgan fingerprint density at radius 1 is 1.08 bits per heavy atom. The lowest BCUT2D eigenvalue weighted by Gasteiger charge is -2.41. The van der Waals surface area contributed by atoms with Gasteiger partial charge in [-0.3, -0.25) is 9.80 Å². The molecule has 0 radical (unpaired) electrons. The third-order valence-corrected chi connectivity index (χ3v) is 8.92. The summed E-state index contributed by atoms with van der Waals surface area (Å²) in [6, 6.07) is 14.2. The lowest BCUT2D eigenvalue weighted by molar-refractivity contribution is -0.139. The van der Waals surface area contributed by atoms with E-state index in [1.165, 1.54) is 16.3 Å². The number of hydrogen-bond acceptors (Lipinski definition) is 7. The fourth-order valence-corrected chi connectivity index (χ4v) is 6.63. The van der Waals surface area contributed by atoms with Crippen molar-refractivity contribution in [3.05, 3.63) is 71.4 Å². The minimum atomic E-state index is -3.64. The number of esters is 1. The normalized spacial score (nSPS) is 21.3. The van der Waals surface area contributed by atoms with E-state index in [1.807, 2.05) is 19.1 Å². The summed E-state index contributed by atoms with van der Waals surface area (Å²) in [5.41, 5.74) is 1.48. The summed E-state index contributed by atoms with van der Waals surface area (Å²) in [6.45, 7) is 5.20. The lowest BCUT2D eigenvalue weighted by atomic mass is 9.93. The first kappa shape index (κ1) is 27.6. The predicted octanol–water partition coefficient (Wildman–Crippen LogP) is 2.60. The Balaban J connectivity index is 1.65. The van der Waals surface area contributed by atoms with Crippen LogP contribution in [0.15, 0.2) is 70.8 Å². The standard InChI is InChI=1S/C27H34N4O6S/c1-5-37-26(32)24-22(29(3)27(33)28-25(24)21-13-9-10-14-23(21)36-4)18-30-15-16-31(19(2)17-30)38(34,35)20-11-7-6-8-12-20/h6-14,19,25H,5,15-18H2,1-4H3,(H,28,33). The van der Waals surface area contributed by atoms with Gasteiger partial charge in [-0.25, -0.2) is 18.0 Å². The van der Waals surface area contributed by atoms with Gasteiger partial charge in [-0.15, -0.1) is 0 Å². The molecule has 4 rings (SSSR count). The smallest absolute Gasteiger partial charge is 0.338 e. The number of sulfonamides is 1. The maximum Gasteiger partial charge on any atom is 0.338 e. The summed E-state index contributed by atoms with van der Waals surface area (Å²) in [6.07, 6.45) is 0. The molecular formula is C27H34N4O6S. The SMILES string of the molecule is CCOC(=O)C1=C(CN2CCN(S(=O)(=O)c3ccccc3)C(C)C2)N(C)C(=O)NC1c1ccccc1OC. The number of likely N-dealkylation sites (N-methyl/N-ethyl adjacent to an activating group) is 1. The largest absolute Gasteiger partial charge is 0.496 e. The second kappa shape index (κ2) is 11.5. The summed E-state index contributed by atoms with van der Waals surface area (Å²) in [5.74, 6) is 0.0143. The van der Waals surface area contributed by atoms with Crippen molar-refractivity contribution in [2.75, 3.05) is 46.9 Å². The van der Waals surface area contributed by atoms with Gasteiger partial charge in [-0.2, -0.15) is 4.31 Å². The number of hydrogen-bond donors (Lipinski definition) is 1. The van der Waals surface area contributed by atoms with E-state index in [0.717, 1.165) is 0 Å². The molecule has 1 saturated heterocycles. The van der Waals surface area contributed by atoms with E-state index >= 15 is 0 Å². The van der Waals surface area contributed by atoms with Gasteiger partial charge in [-0.1, -0.05) is 36.4 Å². The Morgan fingerprint density at radius 2 is 1.76 bits per heavy atom. The molecule has 0 spiro atoms. The summed E-state index contributed by atoms with van der Waals surface area (Å²) < 4.78 is 38.9. The van der Waals surface area contributed by atoms with E-state index in [2.05, 4.69) is 10.2 Å². The average molecular weight is 543 g/mol. The molecule has 0 aromatic heterocycles. The molecule has 0 aliphatic carbocycles. The van der Waals surface area contributed by atoms with Gasteiger partial charge >= 0.3 is 12.0 Å². The number of ether oxygens (including phenoxy) is 2. The van der Waals surface area contributed by atoms with Crippen molar-refractivity contribution < 1.29 is 27.5 Å². The van der Waals surface area contributed by atoms with Crippen molar-refractivity contribution in [1.82, 2.24) is 19.4 Å². The van der Waals surface area contributed by atoms with Gasteiger partial charge in [0, 0.05) is 50.5 Å². The van der Waals surface area contributed by atoms with Crippen LogP contribution in [0, 0.1) is 0 Å². The molecule has 0 saturated carbocycles. The average Bonchev–Trinajstić information content (AvgIpc) is 2.91. The van der Waals surface area contributed by atoms with Crippen LogP contribution in [0.4, 0.5) is 4.79 Å². The monoisotopic (exact) mass is 542 g/mol. The Hall–Kier alpha value is -3.41. The fourth-order valence-electron chi connectivity index (χ4n) is 4.99. The molecule has 1 fully saturated rings. The zero-order valence-electron chi connectivity index (χ0n) is 22.1. The van der Waals surface area contributed by atoms with Crippen LogP contribution in [0.1, 0.15) is 25.5 Å². The molecule has 2 unspecified atom stereocenters. The number of para-hydroxylation sites is 1. The summed E-state index contributed by atoms with van der Waals surface area (Å²) >= 11 is 0. The second-order valence-corrected chi connectivity index (χ2v) is 11.2. The van der Waals surface area contributed by atoms with Gasteiger partial charge in [0.2, 0.25) is 10.0 Å². The predicted molar refractivity (Wildman–Crippen MR) is 142 cm³/mol. The molecule has 2 heterocycles. The van der Waals surface area contributed by atoms with Gasteiger partial charge in [0.05, 0.1) is 30.2 Å². The van der Waals surface area contributed by atoms with Crippen molar-refractivity contribution >= 4 is 22.0 Å². The molecular weight excluding hydrogens is 508 g/mol. The van der Waals surface area contributed by atoms with E-state index in [9.17, 15) is 18.0 Å². The molecule has 2 aliphatic rings. The number of carbonyl (C=O) groups is 2. The van der Waals surface area contributed by atoms with E-state index < -0.39 is 22.0 Å². The molecule has 1 N–H and O–H groups in total. The van der Waals surface area contributed by atoms with Gasteiger partial charge in [-0.05, 0) is 32.0 Å². The maximum absolute atomic E-state index is 13.3. The zero-order valence-corrected chi connectivity index (χ0v) is 22.9. The highest BCUT2D eigenvalue weighted by molar-refractivity contribution is 7.89. The number of methoxy groups -OCH3 is 1. The van der Waals surface area contributed by atoms with Crippen molar-refractivity contribution in [2.24, 2.45) is 0 Å². The Labute approximate surface area is 223 Å². The van der Waals surface area contributed by atoms with Gasteiger partial charge in [0.15, 0.2) is 0 Å². The molecule has 2 atom stereocenters. The highest BCUT2D eigenvalue weighted by Gasteiger charge is 2.40. The van der Waals surface area contributed by atoms with E-state index in [1.54, 1.807) is 56.4 Å². The first-order valence-corrected chi connectivity index (χ1v) is 14.0.